The number of aryl methyl sites for hydroxylation is 1. The van der Waals surface area contributed by atoms with Gasteiger partial charge in [0.15, 0.2) is 0 Å². The van der Waals surface area contributed by atoms with Crippen LogP contribution in [0.3, 0.4) is 0 Å². The van der Waals surface area contributed by atoms with Gasteiger partial charge in [-0.15, -0.1) is 0 Å². The molecule has 2 N–H and O–H groups in total. The number of anilines is 1. The maximum atomic E-state index is 13.7. The molecule has 0 radical (unpaired) electrons. The lowest BCUT2D eigenvalue weighted by atomic mass is 10.0. The highest BCUT2D eigenvalue weighted by Crippen LogP contribution is 2.25. The number of carbonyl (C=O) groups is 2. The van der Waals surface area contributed by atoms with E-state index in [4.69, 9.17) is 11.6 Å². The van der Waals surface area contributed by atoms with Crippen molar-refractivity contribution in [1.29, 1.82) is 0 Å². The Morgan fingerprint density at radius 2 is 1.86 bits per heavy atom. The Kier molecular flexibility index (Phi) is 6.69. The second kappa shape index (κ2) is 8.79. The Morgan fingerprint density at radius 3 is 2.43 bits per heavy atom. The maximum absolute atomic E-state index is 13.7. The number of nitro benzene ring substituents is 1. The molecule has 7 nitrogen and oxygen atoms in total. The summed E-state index contributed by atoms with van der Waals surface area (Å²) >= 11 is 5.75. The van der Waals surface area contributed by atoms with Gasteiger partial charge in [-0.05, 0) is 42.7 Å². The Hall–Kier alpha value is -3.00. The highest BCUT2D eigenvalue weighted by Gasteiger charge is 2.26. The van der Waals surface area contributed by atoms with Crippen molar-refractivity contribution < 1.29 is 18.9 Å². The summed E-state index contributed by atoms with van der Waals surface area (Å²) in [7, 11) is 0. The Bertz CT molecular complexity index is 933. The number of rotatable bonds is 6. The fourth-order valence-corrected chi connectivity index (χ4v) is 2.63. The van der Waals surface area contributed by atoms with Crippen molar-refractivity contribution >= 4 is 34.8 Å². The number of benzene rings is 2. The third-order valence-electron chi connectivity index (χ3n) is 4.08. The molecule has 28 heavy (non-hydrogen) atoms. The largest absolute Gasteiger partial charge is 0.340 e. The first kappa shape index (κ1) is 21.3. The number of halogens is 2. The van der Waals surface area contributed by atoms with E-state index in [0.29, 0.717) is 5.56 Å². The molecule has 0 aliphatic rings. The van der Waals surface area contributed by atoms with E-state index in [0.717, 1.165) is 6.07 Å². The molecule has 148 valence electrons. The molecule has 2 amide bonds. The van der Waals surface area contributed by atoms with E-state index in [9.17, 15) is 24.1 Å². The van der Waals surface area contributed by atoms with Gasteiger partial charge in [0.25, 0.3) is 11.6 Å². The van der Waals surface area contributed by atoms with Crippen LogP contribution in [0.4, 0.5) is 15.8 Å². The van der Waals surface area contributed by atoms with Crippen LogP contribution >= 0.6 is 11.6 Å². The molecule has 0 fully saturated rings. The van der Waals surface area contributed by atoms with Crippen molar-refractivity contribution in [3.8, 4) is 0 Å². The van der Waals surface area contributed by atoms with Gasteiger partial charge >= 0.3 is 0 Å². The first-order chi connectivity index (χ1) is 13.1. The summed E-state index contributed by atoms with van der Waals surface area (Å²) in [6, 6.07) is 6.95. The number of carbonyl (C=O) groups excluding carboxylic acids is 2. The van der Waals surface area contributed by atoms with E-state index in [1.54, 1.807) is 26.8 Å². The molecule has 1 atom stereocenters. The van der Waals surface area contributed by atoms with E-state index in [-0.39, 0.29) is 22.2 Å². The topological polar surface area (TPSA) is 101 Å². The molecule has 0 heterocycles. The maximum Gasteiger partial charge on any atom is 0.288 e. The SMILES string of the molecule is Cc1ccc(NC(=O)C(NC(=O)c2ccc(Cl)c([N+](=O)[O-])c2)C(C)C)cc1F. The Morgan fingerprint density at radius 1 is 1.18 bits per heavy atom. The highest BCUT2D eigenvalue weighted by atomic mass is 35.5. The van der Waals surface area contributed by atoms with Gasteiger partial charge < -0.3 is 10.6 Å². The van der Waals surface area contributed by atoms with Crippen LogP contribution in [0.5, 0.6) is 0 Å². The quantitative estimate of drug-likeness (QED) is 0.556. The summed E-state index contributed by atoms with van der Waals surface area (Å²) in [6.07, 6.45) is 0. The smallest absolute Gasteiger partial charge is 0.288 e. The van der Waals surface area contributed by atoms with Crippen LogP contribution in [0.25, 0.3) is 0 Å². The molecular weight excluding hydrogens is 389 g/mol. The zero-order valence-electron chi connectivity index (χ0n) is 15.5. The average molecular weight is 408 g/mol. The minimum absolute atomic E-state index is 0.00377. The molecule has 0 aliphatic carbocycles. The van der Waals surface area contributed by atoms with Crippen LogP contribution in [-0.4, -0.2) is 22.8 Å². The zero-order chi connectivity index (χ0) is 21.0. The minimum atomic E-state index is -0.938. The average Bonchev–Trinajstić information content (AvgIpc) is 2.62. The number of nitrogens with zero attached hydrogens (tertiary/aromatic N) is 1. The van der Waals surface area contributed by atoms with Crippen molar-refractivity contribution in [3.63, 3.8) is 0 Å². The first-order valence-electron chi connectivity index (χ1n) is 8.42. The number of nitrogens with one attached hydrogen (secondary N) is 2. The van der Waals surface area contributed by atoms with Gasteiger partial charge in [-0.2, -0.15) is 0 Å². The number of amides is 2. The Balaban J connectivity index is 2.18. The van der Waals surface area contributed by atoms with Crippen LogP contribution < -0.4 is 10.6 Å². The first-order valence-corrected chi connectivity index (χ1v) is 8.79. The monoisotopic (exact) mass is 407 g/mol. The second-order valence-electron chi connectivity index (χ2n) is 6.57. The molecular formula is C19H19ClFN3O4. The van der Waals surface area contributed by atoms with Gasteiger partial charge in [-0.1, -0.05) is 31.5 Å². The summed E-state index contributed by atoms with van der Waals surface area (Å²) in [5.74, 6) is -1.95. The Labute approximate surface area is 166 Å². The van der Waals surface area contributed by atoms with Crippen LogP contribution in [0, 0.1) is 28.8 Å². The van der Waals surface area contributed by atoms with Crippen LogP contribution in [-0.2, 0) is 4.79 Å². The molecule has 0 aromatic heterocycles. The van der Waals surface area contributed by atoms with E-state index < -0.39 is 34.3 Å². The summed E-state index contributed by atoms with van der Waals surface area (Å²) in [5.41, 5.74) is 0.289. The van der Waals surface area contributed by atoms with Crippen molar-refractivity contribution in [2.75, 3.05) is 5.32 Å². The molecule has 2 rings (SSSR count). The van der Waals surface area contributed by atoms with Gasteiger partial charge in [0.1, 0.15) is 16.9 Å². The normalized spacial score (nSPS) is 11.8. The predicted octanol–water partition coefficient (Wildman–Crippen LogP) is 4.09. The fraction of sp³-hybridized carbons (Fsp3) is 0.263. The van der Waals surface area contributed by atoms with Crippen molar-refractivity contribution in [3.05, 3.63) is 68.5 Å². The lowest BCUT2D eigenvalue weighted by Gasteiger charge is -2.22. The zero-order valence-corrected chi connectivity index (χ0v) is 16.2. The molecule has 2 aromatic carbocycles. The minimum Gasteiger partial charge on any atom is -0.340 e. The van der Waals surface area contributed by atoms with E-state index in [1.165, 1.54) is 24.3 Å². The molecule has 2 aromatic rings. The number of nitro groups is 1. The van der Waals surface area contributed by atoms with Crippen LogP contribution in [0.2, 0.25) is 5.02 Å². The lowest BCUT2D eigenvalue weighted by molar-refractivity contribution is -0.384. The number of hydrogen-bond donors (Lipinski definition) is 2. The number of hydrogen-bond acceptors (Lipinski definition) is 4. The highest BCUT2D eigenvalue weighted by molar-refractivity contribution is 6.32. The lowest BCUT2D eigenvalue weighted by Crippen LogP contribution is -2.47. The molecule has 1 unspecified atom stereocenters. The van der Waals surface area contributed by atoms with Crippen molar-refractivity contribution in [1.82, 2.24) is 5.32 Å². The van der Waals surface area contributed by atoms with Gasteiger partial charge in [-0.3, -0.25) is 19.7 Å². The molecule has 0 bridgehead atoms. The van der Waals surface area contributed by atoms with Crippen molar-refractivity contribution in [2.24, 2.45) is 5.92 Å². The molecule has 0 aliphatic heterocycles. The second-order valence-corrected chi connectivity index (χ2v) is 6.98. The van der Waals surface area contributed by atoms with Crippen LogP contribution in [0.1, 0.15) is 29.8 Å². The molecule has 9 heteroatoms. The summed E-state index contributed by atoms with van der Waals surface area (Å²) in [6.45, 7) is 5.05. The fourth-order valence-electron chi connectivity index (χ4n) is 2.44. The third-order valence-corrected chi connectivity index (χ3v) is 4.40. The summed E-state index contributed by atoms with van der Waals surface area (Å²) in [5, 5.41) is 16.0. The third kappa shape index (κ3) is 5.04. The van der Waals surface area contributed by atoms with Gasteiger partial charge in [-0.25, -0.2) is 4.39 Å². The summed E-state index contributed by atoms with van der Waals surface area (Å²) < 4.78 is 13.7. The molecule has 0 saturated heterocycles. The van der Waals surface area contributed by atoms with Crippen molar-refractivity contribution in [2.45, 2.75) is 26.8 Å². The van der Waals surface area contributed by atoms with E-state index in [2.05, 4.69) is 10.6 Å². The van der Waals surface area contributed by atoms with Gasteiger partial charge in [0, 0.05) is 17.3 Å². The summed E-state index contributed by atoms with van der Waals surface area (Å²) in [4.78, 5) is 35.3. The predicted molar refractivity (Wildman–Crippen MR) is 104 cm³/mol. The molecule has 0 saturated carbocycles. The standard InChI is InChI=1S/C19H19ClFN3O4/c1-10(2)17(19(26)22-13-6-4-11(3)15(21)9-13)23-18(25)12-5-7-14(20)16(8-12)24(27)28/h4-10,17H,1-3H3,(H,22,26)(H,23,25). The van der Waals surface area contributed by atoms with E-state index >= 15 is 0 Å². The molecule has 0 spiro atoms. The van der Waals surface area contributed by atoms with Gasteiger partial charge in [0.2, 0.25) is 5.91 Å². The van der Waals surface area contributed by atoms with Gasteiger partial charge in [0.05, 0.1) is 4.92 Å². The van der Waals surface area contributed by atoms with Crippen LogP contribution in [0.15, 0.2) is 36.4 Å². The van der Waals surface area contributed by atoms with E-state index in [1.807, 2.05) is 0 Å².